The quantitative estimate of drug-likeness (QED) is 0.743. The Hall–Kier alpha value is -1.47. The van der Waals surface area contributed by atoms with Crippen LogP contribution in [0.2, 0.25) is 0 Å². The molecule has 4 heteroatoms. The van der Waals surface area contributed by atoms with Gasteiger partial charge in [0, 0.05) is 10.0 Å². The van der Waals surface area contributed by atoms with Gasteiger partial charge in [0.25, 0.3) is 0 Å². The first kappa shape index (κ1) is 10.6. The molecular weight excluding hydrogens is 247 g/mol. The van der Waals surface area contributed by atoms with E-state index in [1.54, 1.807) is 6.07 Å². The molecule has 0 bridgehead atoms. The highest BCUT2D eigenvalue weighted by Crippen LogP contribution is 2.33. The lowest BCUT2D eigenvalue weighted by atomic mass is 10.1. The van der Waals surface area contributed by atoms with Crippen molar-refractivity contribution in [3.63, 3.8) is 0 Å². The van der Waals surface area contributed by atoms with E-state index in [4.69, 9.17) is 5.26 Å². The molecule has 1 aromatic rings. The minimum absolute atomic E-state index is 0.113. The number of nitriles is 1. The summed E-state index contributed by atoms with van der Waals surface area (Å²) in [5.41, 5.74) is 0.672. The van der Waals surface area contributed by atoms with Gasteiger partial charge in [0.15, 0.2) is 0 Å². The summed E-state index contributed by atoms with van der Waals surface area (Å²) in [6, 6.07) is 2.95. The number of hydrogen-bond acceptors (Lipinski definition) is 2. The fourth-order valence-corrected chi connectivity index (χ4v) is 1.64. The molecule has 0 saturated carbocycles. The van der Waals surface area contributed by atoms with E-state index >= 15 is 0 Å². The minimum Gasteiger partial charge on any atom is -0.262 e. The summed E-state index contributed by atoms with van der Waals surface area (Å²) >= 11 is 3.15. The van der Waals surface area contributed by atoms with Crippen LogP contribution >= 0.6 is 15.9 Å². The van der Waals surface area contributed by atoms with E-state index in [9.17, 15) is 4.39 Å². The van der Waals surface area contributed by atoms with Crippen LogP contribution in [0.5, 0.6) is 0 Å². The highest BCUT2D eigenvalue weighted by molar-refractivity contribution is 9.10. The molecule has 0 aliphatic heterocycles. The Morgan fingerprint density at radius 2 is 2.29 bits per heavy atom. The molecule has 0 spiro atoms. The third-order valence-corrected chi connectivity index (χ3v) is 2.37. The van der Waals surface area contributed by atoms with Gasteiger partial charge >= 0.3 is 0 Å². The minimum atomic E-state index is -0.618. The number of hydrogen-bond donors (Lipinski definition) is 0. The largest absolute Gasteiger partial charge is 0.262 e. The van der Waals surface area contributed by atoms with Crippen LogP contribution in [0.3, 0.4) is 0 Å². The van der Waals surface area contributed by atoms with Gasteiger partial charge in [-0.25, -0.2) is 4.39 Å². The first-order valence-corrected chi connectivity index (χ1v) is 4.46. The number of aliphatic imine (C=N–C) groups is 1. The molecule has 0 aliphatic rings. The molecule has 0 heterocycles. The molecule has 0 aliphatic carbocycles. The van der Waals surface area contributed by atoms with Crippen molar-refractivity contribution in [1.29, 1.82) is 5.26 Å². The third-order valence-electron chi connectivity index (χ3n) is 1.72. The molecule has 2 nitrogen and oxygen atoms in total. The molecule has 0 amide bonds. The van der Waals surface area contributed by atoms with Crippen LogP contribution in [0.15, 0.2) is 22.1 Å². The zero-order valence-electron chi connectivity index (χ0n) is 7.22. The van der Waals surface area contributed by atoms with E-state index in [1.807, 2.05) is 0 Å². The molecule has 14 heavy (non-hydrogen) atoms. The van der Waals surface area contributed by atoms with Gasteiger partial charge in [-0.1, -0.05) is 12.7 Å². The Bertz CT molecular complexity index is 446. The summed E-state index contributed by atoms with van der Waals surface area (Å²) in [5.74, 6) is -0.618. The Morgan fingerprint density at radius 3 is 2.71 bits per heavy atom. The predicted molar refractivity (Wildman–Crippen MR) is 58.1 cm³/mol. The van der Waals surface area contributed by atoms with E-state index in [0.717, 1.165) is 0 Å². The normalized spacial score (nSPS) is 9.21. The summed E-state index contributed by atoms with van der Waals surface area (Å²) in [4.78, 5) is 3.62. The molecule has 0 saturated heterocycles. The lowest BCUT2D eigenvalue weighted by Crippen LogP contribution is -1.89. The van der Waals surface area contributed by atoms with E-state index in [1.165, 1.54) is 12.1 Å². The van der Waals surface area contributed by atoms with Crippen molar-refractivity contribution >= 4 is 34.4 Å². The van der Waals surface area contributed by atoms with Crippen molar-refractivity contribution in [1.82, 2.24) is 0 Å². The lowest BCUT2D eigenvalue weighted by Gasteiger charge is -2.06. The van der Waals surface area contributed by atoms with Crippen molar-refractivity contribution in [2.45, 2.75) is 0 Å². The maximum Gasteiger partial charge on any atom is 0.144 e. The van der Waals surface area contributed by atoms with E-state index in [2.05, 4.69) is 34.2 Å². The average molecular weight is 253 g/mol. The maximum atomic E-state index is 13.2. The van der Waals surface area contributed by atoms with Crippen molar-refractivity contribution in [2.75, 3.05) is 0 Å². The van der Waals surface area contributed by atoms with Gasteiger partial charge in [-0.15, -0.1) is 0 Å². The molecule has 70 valence electrons. The standard InChI is InChI=1S/C10H6BrFN2/c1-3-6-8(11)4-9(12)7(5-13)10(6)14-2/h3-4H,1-2H2. The van der Waals surface area contributed by atoms with Crippen LogP contribution in [0.1, 0.15) is 11.1 Å². The van der Waals surface area contributed by atoms with Gasteiger partial charge in [0.05, 0.1) is 5.69 Å². The molecule has 1 rings (SSSR count). The molecular formula is C10H6BrFN2. The summed E-state index contributed by atoms with van der Waals surface area (Å²) in [6.45, 7) is 6.85. The van der Waals surface area contributed by atoms with Crippen LogP contribution in [0.4, 0.5) is 10.1 Å². The summed E-state index contributed by atoms with van der Waals surface area (Å²) in [6.07, 6.45) is 1.49. The molecule has 0 atom stereocenters. The maximum absolute atomic E-state index is 13.2. The second kappa shape index (κ2) is 4.16. The van der Waals surface area contributed by atoms with Gasteiger partial charge in [-0.2, -0.15) is 5.26 Å². The van der Waals surface area contributed by atoms with Gasteiger partial charge in [-0.05, 0) is 28.7 Å². The summed E-state index contributed by atoms with van der Waals surface area (Å²) in [5, 5.41) is 8.71. The second-order valence-corrected chi connectivity index (χ2v) is 3.31. The zero-order chi connectivity index (χ0) is 10.7. The van der Waals surface area contributed by atoms with Crippen LogP contribution in [-0.4, -0.2) is 6.72 Å². The Kier molecular flexibility index (Phi) is 3.15. The molecule has 1 aromatic carbocycles. The van der Waals surface area contributed by atoms with Gasteiger partial charge < -0.3 is 0 Å². The van der Waals surface area contributed by atoms with Gasteiger partial charge in [0.1, 0.15) is 17.4 Å². The summed E-state index contributed by atoms with van der Waals surface area (Å²) in [7, 11) is 0. The van der Waals surface area contributed by atoms with Crippen LogP contribution in [0, 0.1) is 17.1 Å². The molecule has 0 N–H and O–H groups in total. The smallest absolute Gasteiger partial charge is 0.144 e. The Morgan fingerprint density at radius 1 is 1.64 bits per heavy atom. The van der Waals surface area contributed by atoms with Gasteiger partial charge in [0.2, 0.25) is 0 Å². The molecule has 0 unspecified atom stereocenters. The van der Waals surface area contributed by atoms with Crippen molar-refractivity contribution in [3.8, 4) is 6.07 Å². The van der Waals surface area contributed by atoms with Gasteiger partial charge in [-0.3, -0.25) is 4.99 Å². The van der Waals surface area contributed by atoms with Crippen molar-refractivity contribution in [3.05, 3.63) is 34.1 Å². The second-order valence-electron chi connectivity index (χ2n) is 2.45. The Labute approximate surface area is 89.5 Å². The number of rotatable bonds is 2. The zero-order valence-corrected chi connectivity index (χ0v) is 8.81. The monoisotopic (exact) mass is 252 g/mol. The van der Waals surface area contributed by atoms with Crippen LogP contribution in [-0.2, 0) is 0 Å². The third kappa shape index (κ3) is 1.59. The first-order valence-electron chi connectivity index (χ1n) is 3.67. The highest BCUT2D eigenvalue weighted by Gasteiger charge is 2.13. The molecule has 0 radical (unpaired) electrons. The number of nitrogens with zero attached hydrogens (tertiary/aromatic N) is 2. The fourth-order valence-electron chi connectivity index (χ4n) is 1.09. The topological polar surface area (TPSA) is 36.1 Å². The van der Waals surface area contributed by atoms with Crippen LogP contribution in [0.25, 0.3) is 6.08 Å². The van der Waals surface area contributed by atoms with E-state index in [-0.39, 0.29) is 11.3 Å². The lowest BCUT2D eigenvalue weighted by molar-refractivity contribution is 0.623. The molecule has 0 aromatic heterocycles. The van der Waals surface area contributed by atoms with E-state index < -0.39 is 5.82 Å². The first-order chi connectivity index (χ1) is 6.65. The molecule has 0 fully saturated rings. The average Bonchev–Trinajstić information content (AvgIpc) is 2.16. The SMILES string of the molecule is C=Cc1c(Br)cc(F)c(C#N)c1N=C. The number of benzene rings is 1. The predicted octanol–water partition coefficient (Wildman–Crippen LogP) is 3.43. The highest BCUT2D eigenvalue weighted by atomic mass is 79.9. The van der Waals surface area contributed by atoms with Crippen molar-refractivity contribution < 1.29 is 4.39 Å². The fraction of sp³-hybridized carbons (Fsp3) is 0. The van der Waals surface area contributed by atoms with Crippen molar-refractivity contribution in [2.24, 2.45) is 4.99 Å². The summed E-state index contributed by atoms with van der Waals surface area (Å²) < 4.78 is 13.7. The number of halogens is 2. The van der Waals surface area contributed by atoms with E-state index in [0.29, 0.717) is 10.0 Å². The van der Waals surface area contributed by atoms with Crippen LogP contribution < -0.4 is 0 Å². The Balaban J connectivity index is 3.70.